The number of aromatic nitrogens is 2. The number of hydrogen-bond acceptors (Lipinski definition) is 3. The van der Waals surface area contributed by atoms with Crippen LogP contribution in [0, 0.1) is 20.8 Å². The first-order chi connectivity index (χ1) is 11.8. The van der Waals surface area contributed by atoms with Crippen LogP contribution in [0.2, 0.25) is 0 Å². The summed E-state index contributed by atoms with van der Waals surface area (Å²) in [4.78, 5) is 24.0. The molecule has 1 amide bonds. The van der Waals surface area contributed by atoms with Crippen LogP contribution in [-0.4, -0.2) is 45.3 Å². The second-order valence-electron chi connectivity index (χ2n) is 6.44. The standard InChI is InChI=1S/C19H25N3O3/c1-13-5-7-16(8-6-13)11-22-15(3)17(14(2)20-22)9-10-18(23)21(4)12-19(24)25/h5-8H,9-12H2,1-4H3,(H,24,25). The summed E-state index contributed by atoms with van der Waals surface area (Å²) in [6.45, 7) is 6.43. The van der Waals surface area contributed by atoms with Gasteiger partial charge < -0.3 is 10.0 Å². The van der Waals surface area contributed by atoms with Gasteiger partial charge in [-0.15, -0.1) is 0 Å². The Balaban J connectivity index is 2.05. The minimum Gasteiger partial charge on any atom is -0.480 e. The van der Waals surface area contributed by atoms with E-state index in [2.05, 4.69) is 36.3 Å². The molecule has 0 fully saturated rings. The predicted molar refractivity (Wildman–Crippen MR) is 95.6 cm³/mol. The molecule has 0 aliphatic heterocycles. The first kappa shape index (κ1) is 18.7. The zero-order chi connectivity index (χ0) is 18.6. The SMILES string of the molecule is Cc1ccc(Cn2nc(C)c(CCC(=O)N(C)CC(=O)O)c2C)cc1. The molecular weight excluding hydrogens is 318 g/mol. The van der Waals surface area contributed by atoms with Crippen molar-refractivity contribution >= 4 is 11.9 Å². The van der Waals surface area contributed by atoms with Crippen LogP contribution in [0.15, 0.2) is 24.3 Å². The van der Waals surface area contributed by atoms with Crippen LogP contribution in [0.4, 0.5) is 0 Å². The van der Waals surface area contributed by atoms with Gasteiger partial charge in [0.05, 0.1) is 12.2 Å². The van der Waals surface area contributed by atoms with Crippen molar-refractivity contribution in [3.63, 3.8) is 0 Å². The van der Waals surface area contributed by atoms with Gasteiger partial charge in [0.15, 0.2) is 0 Å². The largest absolute Gasteiger partial charge is 0.480 e. The number of hydrogen-bond donors (Lipinski definition) is 1. The monoisotopic (exact) mass is 343 g/mol. The van der Waals surface area contributed by atoms with E-state index < -0.39 is 5.97 Å². The second kappa shape index (κ2) is 7.96. The molecule has 2 aromatic rings. The Labute approximate surface area is 148 Å². The number of aryl methyl sites for hydroxylation is 2. The van der Waals surface area contributed by atoms with E-state index in [0.717, 1.165) is 17.0 Å². The molecule has 0 atom stereocenters. The van der Waals surface area contributed by atoms with Gasteiger partial charge in [0.25, 0.3) is 0 Å². The van der Waals surface area contributed by atoms with Crippen LogP contribution in [0.25, 0.3) is 0 Å². The zero-order valence-electron chi connectivity index (χ0n) is 15.2. The Morgan fingerprint density at radius 1 is 1.16 bits per heavy atom. The molecule has 2 rings (SSSR count). The Kier molecular flexibility index (Phi) is 5.96. The molecule has 1 N–H and O–H groups in total. The number of carbonyl (C=O) groups is 2. The summed E-state index contributed by atoms with van der Waals surface area (Å²) in [7, 11) is 1.51. The van der Waals surface area contributed by atoms with E-state index in [4.69, 9.17) is 5.11 Å². The van der Waals surface area contributed by atoms with Crippen LogP contribution < -0.4 is 0 Å². The third-order valence-corrected chi connectivity index (χ3v) is 4.37. The third-order valence-electron chi connectivity index (χ3n) is 4.37. The maximum Gasteiger partial charge on any atom is 0.323 e. The Morgan fingerprint density at radius 2 is 1.80 bits per heavy atom. The summed E-state index contributed by atoms with van der Waals surface area (Å²) in [6, 6.07) is 8.35. The number of nitrogens with zero attached hydrogens (tertiary/aromatic N) is 3. The van der Waals surface area contributed by atoms with Crippen LogP contribution in [0.3, 0.4) is 0 Å². The van der Waals surface area contributed by atoms with Crippen molar-refractivity contribution in [1.29, 1.82) is 0 Å². The van der Waals surface area contributed by atoms with Crippen molar-refractivity contribution in [2.75, 3.05) is 13.6 Å². The highest BCUT2D eigenvalue weighted by Crippen LogP contribution is 2.17. The highest BCUT2D eigenvalue weighted by atomic mass is 16.4. The van der Waals surface area contributed by atoms with E-state index in [9.17, 15) is 9.59 Å². The maximum absolute atomic E-state index is 12.0. The van der Waals surface area contributed by atoms with E-state index in [-0.39, 0.29) is 18.9 Å². The highest BCUT2D eigenvalue weighted by Gasteiger charge is 2.16. The van der Waals surface area contributed by atoms with Crippen molar-refractivity contribution in [2.24, 2.45) is 0 Å². The zero-order valence-corrected chi connectivity index (χ0v) is 15.2. The van der Waals surface area contributed by atoms with Gasteiger partial charge in [0.1, 0.15) is 6.54 Å². The topological polar surface area (TPSA) is 75.4 Å². The number of rotatable bonds is 7. The fraction of sp³-hybridized carbons (Fsp3) is 0.421. The van der Waals surface area contributed by atoms with Gasteiger partial charge in [-0.3, -0.25) is 14.3 Å². The Hall–Kier alpha value is -2.63. The molecule has 0 saturated carbocycles. The number of carbonyl (C=O) groups excluding carboxylic acids is 1. The summed E-state index contributed by atoms with van der Waals surface area (Å²) in [6.07, 6.45) is 0.843. The first-order valence-corrected chi connectivity index (χ1v) is 8.32. The van der Waals surface area contributed by atoms with E-state index in [1.807, 2.05) is 18.5 Å². The molecule has 0 aliphatic carbocycles. The summed E-state index contributed by atoms with van der Waals surface area (Å²) < 4.78 is 1.96. The number of likely N-dealkylation sites (N-methyl/N-ethyl adjacent to an activating group) is 1. The van der Waals surface area contributed by atoms with Crippen molar-refractivity contribution in [3.8, 4) is 0 Å². The highest BCUT2D eigenvalue weighted by molar-refractivity contribution is 5.81. The number of aliphatic carboxylic acids is 1. The van der Waals surface area contributed by atoms with Gasteiger partial charge in [-0.25, -0.2) is 0 Å². The van der Waals surface area contributed by atoms with Crippen LogP contribution in [0.5, 0.6) is 0 Å². The van der Waals surface area contributed by atoms with E-state index in [0.29, 0.717) is 13.0 Å². The van der Waals surface area contributed by atoms with Crippen LogP contribution in [0.1, 0.15) is 34.5 Å². The number of carboxylic acid groups (broad SMARTS) is 1. The lowest BCUT2D eigenvalue weighted by molar-refractivity contribution is -0.143. The molecule has 0 saturated heterocycles. The van der Waals surface area contributed by atoms with Gasteiger partial charge in [-0.1, -0.05) is 29.8 Å². The molecular formula is C19H25N3O3. The molecule has 25 heavy (non-hydrogen) atoms. The molecule has 1 aromatic heterocycles. The lowest BCUT2D eigenvalue weighted by Gasteiger charge is -2.14. The Morgan fingerprint density at radius 3 is 2.40 bits per heavy atom. The molecule has 6 nitrogen and oxygen atoms in total. The van der Waals surface area contributed by atoms with Crippen molar-refractivity contribution in [2.45, 2.75) is 40.2 Å². The van der Waals surface area contributed by atoms with Crippen LogP contribution in [-0.2, 0) is 22.6 Å². The van der Waals surface area contributed by atoms with Gasteiger partial charge >= 0.3 is 5.97 Å². The van der Waals surface area contributed by atoms with Crippen LogP contribution >= 0.6 is 0 Å². The van der Waals surface area contributed by atoms with Gasteiger partial charge in [-0.05, 0) is 38.3 Å². The fourth-order valence-electron chi connectivity index (χ4n) is 2.83. The van der Waals surface area contributed by atoms with Gasteiger partial charge in [-0.2, -0.15) is 5.10 Å². The number of amides is 1. The molecule has 1 heterocycles. The normalized spacial score (nSPS) is 10.7. The third kappa shape index (κ3) is 4.92. The lowest BCUT2D eigenvalue weighted by Crippen LogP contribution is -2.32. The minimum absolute atomic E-state index is 0.174. The van der Waals surface area contributed by atoms with E-state index >= 15 is 0 Å². The Bertz CT molecular complexity index is 763. The molecule has 6 heteroatoms. The molecule has 1 aromatic carbocycles. The average molecular weight is 343 g/mol. The summed E-state index contributed by atoms with van der Waals surface area (Å²) >= 11 is 0. The second-order valence-corrected chi connectivity index (χ2v) is 6.44. The fourth-order valence-corrected chi connectivity index (χ4v) is 2.83. The number of carboxylic acids is 1. The van der Waals surface area contributed by atoms with E-state index in [1.165, 1.54) is 23.1 Å². The maximum atomic E-state index is 12.0. The van der Waals surface area contributed by atoms with E-state index in [1.54, 1.807) is 0 Å². The van der Waals surface area contributed by atoms with Crippen molar-refractivity contribution in [1.82, 2.24) is 14.7 Å². The molecule has 0 aliphatic rings. The summed E-state index contributed by atoms with van der Waals surface area (Å²) in [5.41, 5.74) is 5.43. The smallest absolute Gasteiger partial charge is 0.323 e. The molecule has 0 radical (unpaired) electrons. The molecule has 0 spiro atoms. The van der Waals surface area contributed by atoms with Gasteiger partial charge in [0, 0.05) is 19.2 Å². The minimum atomic E-state index is -1.01. The number of benzene rings is 1. The predicted octanol–water partition coefficient (Wildman–Crippen LogP) is 2.33. The summed E-state index contributed by atoms with van der Waals surface area (Å²) in [5.74, 6) is -1.18. The molecule has 0 bridgehead atoms. The first-order valence-electron chi connectivity index (χ1n) is 8.32. The molecule has 0 unspecified atom stereocenters. The quantitative estimate of drug-likeness (QED) is 0.837. The average Bonchev–Trinajstić information content (AvgIpc) is 2.80. The lowest BCUT2D eigenvalue weighted by atomic mass is 10.1. The van der Waals surface area contributed by atoms with Crippen molar-refractivity contribution in [3.05, 3.63) is 52.3 Å². The van der Waals surface area contributed by atoms with Crippen molar-refractivity contribution < 1.29 is 14.7 Å². The summed E-state index contributed by atoms with van der Waals surface area (Å²) in [5, 5.41) is 13.4. The molecule has 134 valence electrons. The van der Waals surface area contributed by atoms with Gasteiger partial charge in [0.2, 0.25) is 5.91 Å².